The van der Waals surface area contributed by atoms with Crippen LogP contribution >= 0.6 is 0 Å². The summed E-state index contributed by atoms with van der Waals surface area (Å²) < 4.78 is 5.12. The Bertz CT molecular complexity index is 348. The Labute approximate surface area is 95.0 Å². The predicted molar refractivity (Wildman–Crippen MR) is 61.4 cm³/mol. The zero-order valence-corrected chi connectivity index (χ0v) is 9.38. The highest BCUT2D eigenvalue weighted by atomic mass is 16.5. The lowest BCUT2D eigenvalue weighted by Gasteiger charge is -2.10. The number of hydrogen-bond donors (Lipinski definition) is 2. The van der Waals surface area contributed by atoms with Crippen LogP contribution < -0.4 is 5.46 Å². The van der Waals surface area contributed by atoms with Crippen molar-refractivity contribution in [2.75, 3.05) is 0 Å². The Hall–Kier alpha value is -1.33. The monoisotopic (exact) mass is 222 g/mol. The molecule has 0 radical (unpaired) electrons. The zero-order chi connectivity index (χ0) is 12.1. The van der Waals surface area contributed by atoms with E-state index < -0.39 is 13.1 Å². The molecule has 0 aromatic heterocycles. The van der Waals surface area contributed by atoms with Crippen LogP contribution in [-0.2, 0) is 4.74 Å². The molecule has 0 spiro atoms. The molecule has 1 aromatic rings. The van der Waals surface area contributed by atoms with Crippen LogP contribution in [0, 0.1) is 0 Å². The molecule has 1 rings (SSSR count). The fourth-order valence-corrected chi connectivity index (χ4v) is 1.13. The van der Waals surface area contributed by atoms with Gasteiger partial charge in [0.25, 0.3) is 0 Å². The minimum atomic E-state index is -1.51. The number of ether oxygens (including phenoxy) is 1. The third-order valence-electron chi connectivity index (χ3n) is 2.33. The molecular formula is C11H15BO4. The molecule has 5 heteroatoms. The van der Waals surface area contributed by atoms with E-state index in [-0.39, 0.29) is 6.10 Å². The number of rotatable bonds is 4. The second-order valence-electron chi connectivity index (χ2n) is 3.62. The summed E-state index contributed by atoms with van der Waals surface area (Å²) in [5.41, 5.74) is 0.754. The molecular weight excluding hydrogens is 207 g/mol. The molecule has 0 saturated carbocycles. The van der Waals surface area contributed by atoms with Crippen molar-refractivity contribution in [1.29, 1.82) is 0 Å². The van der Waals surface area contributed by atoms with Crippen molar-refractivity contribution in [3.63, 3.8) is 0 Å². The Morgan fingerprint density at radius 1 is 1.38 bits per heavy atom. The molecule has 0 aliphatic heterocycles. The minimum Gasteiger partial charge on any atom is -0.459 e. The SMILES string of the molecule is CCC(C)OC(=O)c1ccc(B(O)O)cc1. The van der Waals surface area contributed by atoms with Crippen molar-refractivity contribution < 1.29 is 19.6 Å². The maximum atomic E-state index is 11.5. The Balaban J connectivity index is 2.70. The number of benzene rings is 1. The van der Waals surface area contributed by atoms with E-state index in [0.717, 1.165) is 6.42 Å². The summed E-state index contributed by atoms with van der Waals surface area (Å²) in [5.74, 6) is -0.395. The molecule has 0 saturated heterocycles. The molecule has 4 nitrogen and oxygen atoms in total. The van der Waals surface area contributed by atoms with Crippen LogP contribution in [0.5, 0.6) is 0 Å². The smallest absolute Gasteiger partial charge is 0.459 e. The number of esters is 1. The van der Waals surface area contributed by atoms with E-state index in [1.807, 2.05) is 13.8 Å². The summed E-state index contributed by atoms with van der Waals surface area (Å²) in [4.78, 5) is 11.5. The maximum Gasteiger partial charge on any atom is 0.488 e. The Kier molecular flexibility index (Phi) is 4.52. The summed E-state index contributed by atoms with van der Waals surface area (Å²) in [7, 11) is -1.51. The molecule has 86 valence electrons. The van der Waals surface area contributed by atoms with Crippen molar-refractivity contribution in [3.05, 3.63) is 29.8 Å². The van der Waals surface area contributed by atoms with Gasteiger partial charge in [-0.1, -0.05) is 19.1 Å². The molecule has 0 aliphatic rings. The van der Waals surface area contributed by atoms with E-state index in [0.29, 0.717) is 11.0 Å². The van der Waals surface area contributed by atoms with Gasteiger partial charge >= 0.3 is 13.1 Å². The Morgan fingerprint density at radius 2 is 1.94 bits per heavy atom. The van der Waals surface area contributed by atoms with Crippen LogP contribution in [-0.4, -0.2) is 29.2 Å². The number of hydrogen-bond acceptors (Lipinski definition) is 4. The molecule has 2 N–H and O–H groups in total. The molecule has 0 fully saturated rings. The quantitative estimate of drug-likeness (QED) is 0.568. The molecule has 0 aliphatic carbocycles. The fraction of sp³-hybridized carbons (Fsp3) is 0.364. The van der Waals surface area contributed by atoms with E-state index in [1.54, 1.807) is 0 Å². The molecule has 16 heavy (non-hydrogen) atoms. The summed E-state index contributed by atoms with van der Waals surface area (Å²) in [6.07, 6.45) is 0.648. The summed E-state index contributed by atoms with van der Waals surface area (Å²) >= 11 is 0. The highest BCUT2D eigenvalue weighted by Crippen LogP contribution is 2.04. The van der Waals surface area contributed by atoms with E-state index >= 15 is 0 Å². The maximum absolute atomic E-state index is 11.5. The summed E-state index contributed by atoms with van der Waals surface area (Å²) in [6.45, 7) is 3.76. The van der Waals surface area contributed by atoms with Crippen LogP contribution in [0.1, 0.15) is 30.6 Å². The Morgan fingerprint density at radius 3 is 2.38 bits per heavy atom. The van der Waals surface area contributed by atoms with Gasteiger partial charge in [0.1, 0.15) is 0 Å². The van der Waals surface area contributed by atoms with Crippen molar-refractivity contribution in [2.24, 2.45) is 0 Å². The lowest BCUT2D eigenvalue weighted by Crippen LogP contribution is -2.29. The van der Waals surface area contributed by atoms with Crippen LogP contribution in [0.15, 0.2) is 24.3 Å². The van der Waals surface area contributed by atoms with Crippen molar-refractivity contribution in [2.45, 2.75) is 26.4 Å². The van der Waals surface area contributed by atoms with Crippen LogP contribution in [0.25, 0.3) is 0 Å². The predicted octanol–water partition coefficient (Wildman–Crippen LogP) is 0.322. The second-order valence-corrected chi connectivity index (χ2v) is 3.62. The lowest BCUT2D eigenvalue weighted by molar-refractivity contribution is 0.0334. The van der Waals surface area contributed by atoms with E-state index in [2.05, 4.69) is 0 Å². The van der Waals surface area contributed by atoms with E-state index in [1.165, 1.54) is 24.3 Å². The highest BCUT2D eigenvalue weighted by Gasteiger charge is 2.13. The van der Waals surface area contributed by atoms with Crippen LogP contribution in [0.4, 0.5) is 0 Å². The van der Waals surface area contributed by atoms with Gasteiger partial charge in [-0.05, 0) is 30.9 Å². The van der Waals surface area contributed by atoms with Gasteiger partial charge in [-0.3, -0.25) is 0 Å². The molecule has 1 atom stereocenters. The zero-order valence-electron chi connectivity index (χ0n) is 9.38. The third kappa shape index (κ3) is 3.36. The normalized spacial score (nSPS) is 12.0. The third-order valence-corrected chi connectivity index (χ3v) is 2.33. The molecule has 0 amide bonds. The van der Waals surface area contributed by atoms with Gasteiger partial charge in [-0.2, -0.15) is 0 Å². The van der Waals surface area contributed by atoms with Crippen molar-refractivity contribution in [1.82, 2.24) is 0 Å². The first-order valence-corrected chi connectivity index (χ1v) is 5.21. The van der Waals surface area contributed by atoms with Gasteiger partial charge in [0.15, 0.2) is 0 Å². The van der Waals surface area contributed by atoms with Crippen LogP contribution in [0.2, 0.25) is 0 Å². The largest absolute Gasteiger partial charge is 0.488 e. The van der Waals surface area contributed by atoms with Gasteiger partial charge < -0.3 is 14.8 Å². The lowest BCUT2D eigenvalue weighted by atomic mass is 9.80. The first-order chi connectivity index (χ1) is 7.54. The standard InChI is InChI=1S/C11H15BO4/c1-3-8(2)16-11(13)9-4-6-10(7-5-9)12(14)15/h4-8,14-15H,3H2,1-2H3. The van der Waals surface area contributed by atoms with E-state index in [4.69, 9.17) is 14.8 Å². The van der Waals surface area contributed by atoms with Gasteiger partial charge in [0.2, 0.25) is 0 Å². The highest BCUT2D eigenvalue weighted by molar-refractivity contribution is 6.58. The van der Waals surface area contributed by atoms with Gasteiger partial charge in [0, 0.05) is 0 Å². The second kappa shape index (κ2) is 5.68. The first kappa shape index (κ1) is 12.7. The molecule has 0 bridgehead atoms. The fourth-order valence-electron chi connectivity index (χ4n) is 1.13. The molecule has 1 unspecified atom stereocenters. The summed E-state index contributed by atoms with van der Waals surface area (Å²) in [6, 6.07) is 5.99. The molecule has 0 heterocycles. The minimum absolute atomic E-state index is 0.115. The van der Waals surface area contributed by atoms with Gasteiger partial charge in [-0.15, -0.1) is 0 Å². The number of carbonyl (C=O) groups excluding carboxylic acids is 1. The topological polar surface area (TPSA) is 66.8 Å². The molecule has 1 aromatic carbocycles. The average molecular weight is 222 g/mol. The van der Waals surface area contributed by atoms with Gasteiger partial charge in [0.05, 0.1) is 11.7 Å². The van der Waals surface area contributed by atoms with Crippen LogP contribution in [0.3, 0.4) is 0 Å². The summed E-state index contributed by atoms with van der Waals surface area (Å²) in [5, 5.41) is 17.8. The average Bonchev–Trinajstić information content (AvgIpc) is 2.28. The van der Waals surface area contributed by atoms with E-state index in [9.17, 15) is 4.79 Å². The van der Waals surface area contributed by atoms with Crippen molar-refractivity contribution in [3.8, 4) is 0 Å². The van der Waals surface area contributed by atoms with Crippen molar-refractivity contribution >= 4 is 18.6 Å². The number of carbonyl (C=O) groups is 1. The van der Waals surface area contributed by atoms with Gasteiger partial charge in [-0.25, -0.2) is 4.79 Å². The first-order valence-electron chi connectivity index (χ1n) is 5.21.